The number of nitrogens with two attached hydrogens (primary N) is 1. The number of aromatic nitrogens is 5. The summed E-state index contributed by atoms with van der Waals surface area (Å²) in [5.74, 6) is -0.515. The molecule has 0 unspecified atom stereocenters. The molecule has 0 spiro atoms. The number of hydrogen-bond donors (Lipinski definition) is 1. The lowest BCUT2D eigenvalue weighted by molar-refractivity contribution is 0.100. The van der Waals surface area contributed by atoms with E-state index in [1.807, 2.05) is 24.3 Å². The van der Waals surface area contributed by atoms with Crippen molar-refractivity contribution in [1.29, 1.82) is 0 Å². The van der Waals surface area contributed by atoms with Crippen LogP contribution in [-0.4, -0.2) is 30.6 Å². The van der Waals surface area contributed by atoms with Crippen LogP contribution < -0.4 is 5.73 Å². The van der Waals surface area contributed by atoms with E-state index >= 15 is 0 Å². The second-order valence-corrected chi connectivity index (χ2v) is 5.56. The maximum Gasteiger partial charge on any atom is 0.249 e. The standard InChI is InChI=1S/C18H14N6O/c19-17(25)14-7-16(13-4-2-6-21-9-13)23-18-15(14)10-22-24(18)11-12-3-1-5-20-8-12/h1-10H,11H2,(H2,19,25). The van der Waals surface area contributed by atoms with Crippen LogP contribution in [0.15, 0.2) is 61.3 Å². The molecule has 2 N–H and O–H groups in total. The summed E-state index contributed by atoms with van der Waals surface area (Å²) in [5, 5.41) is 5.00. The molecule has 0 aromatic carbocycles. The van der Waals surface area contributed by atoms with E-state index < -0.39 is 5.91 Å². The molecule has 0 aliphatic carbocycles. The first kappa shape index (κ1) is 14.9. The second kappa shape index (κ2) is 6.12. The molecule has 0 saturated heterocycles. The summed E-state index contributed by atoms with van der Waals surface area (Å²) in [6, 6.07) is 9.20. The van der Waals surface area contributed by atoms with Gasteiger partial charge in [0.1, 0.15) is 0 Å². The van der Waals surface area contributed by atoms with Crippen molar-refractivity contribution >= 4 is 16.9 Å². The van der Waals surface area contributed by atoms with Gasteiger partial charge in [-0.2, -0.15) is 5.10 Å². The number of fused-ring (bicyclic) bond motifs is 1. The molecule has 0 aliphatic rings. The number of amides is 1. The van der Waals surface area contributed by atoms with Crippen LogP contribution in [0.5, 0.6) is 0 Å². The molecule has 0 bridgehead atoms. The molecule has 25 heavy (non-hydrogen) atoms. The zero-order valence-corrected chi connectivity index (χ0v) is 13.2. The van der Waals surface area contributed by atoms with Crippen molar-refractivity contribution in [3.63, 3.8) is 0 Å². The number of pyridine rings is 3. The van der Waals surface area contributed by atoms with E-state index in [0.717, 1.165) is 11.1 Å². The number of nitrogens with zero attached hydrogens (tertiary/aromatic N) is 5. The lowest BCUT2D eigenvalue weighted by Gasteiger charge is -2.07. The van der Waals surface area contributed by atoms with E-state index in [0.29, 0.717) is 28.8 Å². The minimum Gasteiger partial charge on any atom is -0.366 e. The summed E-state index contributed by atoms with van der Waals surface area (Å²) in [6.07, 6.45) is 8.48. The van der Waals surface area contributed by atoms with Crippen molar-refractivity contribution in [3.05, 3.63) is 72.4 Å². The Morgan fingerprint density at radius 1 is 1.08 bits per heavy atom. The highest BCUT2D eigenvalue weighted by atomic mass is 16.1. The van der Waals surface area contributed by atoms with Gasteiger partial charge in [0.2, 0.25) is 5.91 Å². The minimum absolute atomic E-state index is 0.390. The summed E-state index contributed by atoms with van der Waals surface area (Å²) < 4.78 is 1.73. The molecule has 122 valence electrons. The Bertz CT molecular complexity index is 1040. The largest absolute Gasteiger partial charge is 0.366 e. The maximum absolute atomic E-state index is 11.9. The van der Waals surface area contributed by atoms with E-state index in [1.54, 1.807) is 41.7 Å². The van der Waals surface area contributed by atoms with Crippen LogP contribution in [0.2, 0.25) is 0 Å². The van der Waals surface area contributed by atoms with Crippen molar-refractivity contribution < 1.29 is 4.79 Å². The minimum atomic E-state index is -0.515. The number of primary amides is 1. The molecule has 0 radical (unpaired) electrons. The van der Waals surface area contributed by atoms with Crippen LogP contribution in [0, 0.1) is 0 Å². The Kier molecular flexibility index (Phi) is 3.66. The molecular formula is C18H14N6O. The van der Waals surface area contributed by atoms with Crippen molar-refractivity contribution in [2.75, 3.05) is 0 Å². The van der Waals surface area contributed by atoms with Crippen molar-refractivity contribution in [2.45, 2.75) is 6.54 Å². The summed E-state index contributed by atoms with van der Waals surface area (Å²) in [7, 11) is 0. The van der Waals surface area contributed by atoms with Gasteiger partial charge in [0.15, 0.2) is 5.65 Å². The lowest BCUT2D eigenvalue weighted by Crippen LogP contribution is -2.12. The average Bonchev–Trinajstić information content (AvgIpc) is 3.05. The van der Waals surface area contributed by atoms with E-state index in [4.69, 9.17) is 5.73 Å². The first-order valence-electron chi connectivity index (χ1n) is 7.68. The fraction of sp³-hybridized carbons (Fsp3) is 0.0556. The van der Waals surface area contributed by atoms with Gasteiger partial charge in [0, 0.05) is 30.4 Å². The lowest BCUT2D eigenvalue weighted by atomic mass is 10.1. The number of carbonyl (C=O) groups excluding carboxylic acids is 1. The summed E-state index contributed by atoms with van der Waals surface area (Å²) in [6.45, 7) is 0.499. The molecule has 7 nitrogen and oxygen atoms in total. The maximum atomic E-state index is 11.9. The highest BCUT2D eigenvalue weighted by Gasteiger charge is 2.16. The second-order valence-electron chi connectivity index (χ2n) is 5.56. The Labute approximate surface area is 143 Å². The third-order valence-electron chi connectivity index (χ3n) is 3.89. The Morgan fingerprint density at radius 2 is 1.88 bits per heavy atom. The van der Waals surface area contributed by atoms with E-state index in [1.165, 1.54) is 0 Å². The van der Waals surface area contributed by atoms with Crippen LogP contribution in [0.25, 0.3) is 22.3 Å². The first-order valence-corrected chi connectivity index (χ1v) is 7.68. The smallest absolute Gasteiger partial charge is 0.249 e. The molecule has 0 atom stereocenters. The fourth-order valence-electron chi connectivity index (χ4n) is 2.69. The molecule has 4 heterocycles. The van der Waals surface area contributed by atoms with Crippen molar-refractivity contribution in [3.8, 4) is 11.3 Å². The average molecular weight is 330 g/mol. The highest BCUT2D eigenvalue weighted by molar-refractivity contribution is 6.05. The van der Waals surface area contributed by atoms with Crippen LogP contribution in [0.1, 0.15) is 15.9 Å². The van der Waals surface area contributed by atoms with Gasteiger partial charge >= 0.3 is 0 Å². The third-order valence-corrected chi connectivity index (χ3v) is 3.89. The third kappa shape index (κ3) is 2.83. The van der Waals surface area contributed by atoms with Gasteiger partial charge < -0.3 is 5.73 Å². The summed E-state index contributed by atoms with van der Waals surface area (Å²) in [5.41, 5.74) is 8.97. The quantitative estimate of drug-likeness (QED) is 0.617. The normalized spacial score (nSPS) is 10.9. The number of carbonyl (C=O) groups is 1. The molecule has 0 aliphatic heterocycles. The van der Waals surface area contributed by atoms with Crippen LogP contribution in [-0.2, 0) is 6.54 Å². The van der Waals surface area contributed by atoms with Crippen LogP contribution in [0.4, 0.5) is 0 Å². The predicted octanol–water partition coefficient (Wildman–Crippen LogP) is 2.04. The van der Waals surface area contributed by atoms with Crippen molar-refractivity contribution in [2.24, 2.45) is 5.73 Å². The molecule has 4 rings (SSSR count). The van der Waals surface area contributed by atoms with Gasteiger partial charge in [0.05, 0.1) is 29.4 Å². The van der Waals surface area contributed by atoms with Gasteiger partial charge in [-0.3, -0.25) is 14.8 Å². The topological polar surface area (TPSA) is 99.6 Å². The van der Waals surface area contributed by atoms with Gasteiger partial charge in [-0.1, -0.05) is 6.07 Å². The van der Waals surface area contributed by atoms with Crippen LogP contribution >= 0.6 is 0 Å². The number of hydrogen-bond acceptors (Lipinski definition) is 5. The Morgan fingerprint density at radius 3 is 2.56 bits per heavy atom. The number of rotatable bonds is 4. The molecule has 7 heteroatoms. The molecule has 1 amide bonds. The van der Waals surface area contributed by atoms with Crippen molar-refractivity contribution in [1.82, 2.24) is 24.7 Å². The van der Waals surface area contributed by atoms with E-state index in [9.17, 15) is 4.79 Å². The Balaban J connectivity index is 1.89. The molecule has 4 aromatic rings. The van der Waals surface area contributed by atoms with E-state index in [-0.39, 0.29) is 0 Å². The van der Waals surface area contributed by atoms with Gasteiger partial charge in [-0.25, -0.2) is 9.67 Å². The SMILES string of the molecule is NC(=O)c1cc(-c2cccnc2)nc2c1cnn2Cc1cccnc1. The monoisotopic (exact) mass is 330 g/mol. The van der Waals surface area contributed by atoms with Gasteiger partial charge in [-0.05, 0) is 29.8 Å². The van der Waals surface area contributed by atoms with Gasteiger partial charge in [-0.15, -0.1) is 0 Å². The molecule has 4 aromatic heterocycles. The predicted molar refractivity (Wildman–Crippen MR) is 92.6 cm³/mol. The fourth-order valence-corrected chi connectivity index (χ4v) is 2.69. The Hall–Kier alpha value is -3.61. The molecular weight excluding hydrogens is 316 g/mol. The van der Waals surface area contributed by atoms with Gasteiger partial charge in [0.25, 0.3) is 0 Å². The van der Waals surface area contributed by atoms with E-state index in [2.05, 4.69) is 20.1 Å². The molecule has 0 fully saturated rings. The summed E-state index contributed by atoms with van der Waals surface area (Å²) >= 11 is 0. The first-order chi connectivity index (χ1) is 12.2. The highest BCUT2D eigenvalue weighted by Crippen LogP contribution is 2.24. The van der Waals surface area contributed by atoms with Crippen LogP contribution in [0.3, 0.4) is 0 Å². The molecule has 0 saturated carbocycles. The summed E-state index contributed by atoms with van der Waals surface area (Å²) in [4.78, 5) is 24.8. The zero-order chi connectivity index (χ0) is 17.2. The zero-order valence-electron chi connectivity index (χ0n) is 13.2.